The first-order valence-corrected chi connectivity index (χ1v) is 10.0. The van der Waals surface area contributed by atoms with E-state index in [0.29, 0.717) is 20.8 Å². The molecule has 0 atom stereocenters. The van der Waals surface area contributed by atoms with Gasteiger partial charge in [0.1, 0.15) is 12.4 Å². The van der Waals surface area contributed by atoms with E-state index < -0.39 is 88.6 Å². The van der Waals surface area contributed by atoms with Gasteiger partial charge < -0.3 is 9.47 Å². The number of esters is 2. The van der Waals surface area contributed by atoms with Gasteiger partial charge >= 0.3 is 59.6 Å². The fraction of sp³-hybridized carbons (Fsp3) is 0.600. The van der Waals surface area contributed by atoms with Crippen LogP contribution in [0.5, 0.6) is 5.75 Å². The Balaban J connectivity index is 3.95. The molecule has 0 saturated carbocycles. The van der Waals surface area contributed by atoms with Crippen LogP contribution in [-0.4, -0.2) is 53.7 Å². The van der Waals surface area contributed by atoms with Crippen LogP contribution >= 0.6 is 0 Å². The molecule has 41 heavy (non-hydrogen) atoms. The molecular formula is C20H13F17O4. The molecule has 1 rings (SSSR count). The Morgan fingerprint density at radius 2 is 1.00 bits per heavy atom. The van der Waals surface area contributed by atoms with Gasteiger partial charge in [0.2, 0.25) is 0 Å². The number of ether oxygens (including phenoxy) is 2. The topological polar surface area (TPSA) is 52.6 Å². The lowest BCUT2D eigenvalue weighted by Gasteiger charge is -2.43. The zero-order valence-corrected chi connectivity index (χ0v) is 19.9. The number of halogens is 17. The van der Waals surface area contributed by atoms with E-state index in [9.17, 15) is 84.2 Å². The van der Waals surface area contributed by atoms with Crippen LogP contribution in [0.1, 0.15) is 30.5 Å². The number of alkyl halides is 17. The third-order valence-electron chi connectivity index (χ3n) is 5.12. The maximum absolute atomic E-state index is 14.9. The molecule has 0 bridgehead atoms. The van der Waals surface area contributed by atoms with Crippen LogP contribution in [-0.2, 0) is 26.9 Å². The predicted octanol–water partition coefficient (Wildman–Crippen LogP) is 7.45. The number of aryl methyl sites for hydroxylation is 1. The lowest BCUT2D eigenvalue weighted by molar-refractivity contribution is -0.462. The van der Waals surface area contributed by atoms with Crippen molar-refractivity contribution in [3.05, 3.63) is 28.8 Å². The van der Waals surface area contributed by atoms with Crippen LogP contribution in [0.15, 0.2) is 12.1 Å². The number of hydrogen-bond acceptors (Lipinski definition) is 4. The first-order chi connectivity index (χ1) is 17.9. The summed E-state index contributed by atoms with van der Waals surface area (Å²) in [6, 6.07) is 0.320. The first-order valence-electron chi connectivity index (χ1n) is 10.0. The molecule has 0 radical (unpaired) electrons. The van der Waals surface area contributed by atoms with Crippen LogP contribution < -0.4 is 4.74 Å². The molecule has 0 aromatic heterocycles. The van der Waals surface area contributed by atoms with Crippen LogP contribution in [0.25, 0.3) is 0 Å². The van der Waals surface area contributed by atoms with Crippen molar-refractivity contribution in [3.8, 4) is 5.75 Å². The fourth-order valence-corrected chi connectivity index (χ4v) is 3.11. The van der Waals surface area contributed by atoms with Gasteiger partial charge in [-0.3, -0.25) is 9.59 Å². The highest BCUT2D eigenvalue weighted by atomic mass is 19.4. The summed E-state index contributed by atoms with van der Waals surface area (Å²) < 4.78 is 241. The average Bonchev–Trinajstić information content (AvgIpc) is 2.74. The second-order valence-electron chi connectivity index (χ2n) is 8.17. The minimum absolute atomic E-state index is 0.125. The third-order valence-corrected chi connectivity index (χ3v) is 5.12. The van der Waals surface area contributed by atoms with E-state index in [1.807, 2.05) is 0 Å². The number of carbonyl (C=O) groups excluding carboxylic acids is 2. The Morgan fingerprint density at radius 1 is 0.610 bits per heavy atom. The summed E-state index contributed by atoms with van der Waals surface area (Å²) >= 11 is 0. The molecule has 0 amide bonds. The van der Waals surface area contributed by atoms with Gasteiger partial charge in [0.25, 0.3) is 0 Å². The Morgan fingerprint density at radius 3 is 1.37 bits per heavy atom. The molecule has 0 aliphatic heterocycles. The van der Waals surface area contributed by atoms with Gasteiger partial charge in [0.05, 0.1) is 0 Å². The summed E-state index contributed by atoms with van der Waals surface area (Å²) in [6.07, 6.45) is -7.86. The Kier molecular flexibility index (Phi) is 9.09. The predicted molar refractivity (Wildman–Crippen MR) is 97.6 cm³/mol. The van der Waals surface area contributed by atoms with Crippen molar-refractivity contribution >= 4 is 11.9 Å². The quantitative estimate of drug-likeness (QED) is 0.152. The van der Waals surface area contributed by atoms with Crippen molar-refractivity contribution in [1.82, 2.24) is 0 Å². The molecule has 0 spiro atoms. The zero-order valence-electron chi connectivity index (χ0n) is 19.9. The van der Waals surface area contributed by atoms with E-state index in [-0.39, 0.29) is 12.1 Å². The lowest BCUT2D eigenvalue weighted by Crippen LogP contribution is -2.74. The normalized spacial score (nSPS) is 14.6. The maximum Gasteiger partial charge on any atom is 0.460 e. The second-order valence-corrected chi connectivity index (χ2v) is 8.17. The first kappa shape index (κ1) is 36.0. The van der Waals surface area contributed by atoms with Crippen molar-refractivity contribution in [1.29, 1.82) is 0 Å². The minimum Gasteiger partial charge on any atom is -0.461 e. The lowest BCUT2D eigenvalue weighted by atomic mass is 9.84. The van der Waals surface area contributed by atoms with Crippen molar-refractivity contribution in [2.75, 3.05) is 0 Å². The standard InChI is InChI=1S/C20H13F17O4/c1-7-4-11(41-9(3)39)5-10(6-40-8(2)38)12(7)13(21,22)14(23,24)15(25,26)16(27,28)17(29,30)18(31,32)19(33,34)20(35,36)37/h4-5H,6H2,1-3H3. The molecule has 21 heteroatoms. The smallest absolute Gasteiger partial charge is 0.460 e. The van der Waals surface area contributed by atoms with Gasteiger partial charge in [-0.05, 0) is 24.6 Å². The number of hydrogen-bond donors (Lipinski definition) is 0. The molecule has 0 N–H and O–H groups in total. The van der Waals surface area contributed by atoms with E-state index >= 15 is 0 Å². The maximum atomic E-state index is 14.9. The van der Waals surface area contributed by atoms with Gasteiger partial charge in [0.15, 0.2) is 0 Å². The SMILES string of the molecule is CC(=O)OCc1cc(OC(C)=O)cc(C)c1C(F)(F)C(F)(F)C(F)(F)C(F)(F)C(F)(F)C(F)(F)C(F)(F)C(F)(F)F. The van der Waals surface area contributed by atoms with Gasteiger partial charge in [-0.2, -0.15) is 74.6 Å². The molecule has 0 aliphatic carbocycles. The van der Waals surface area contributed by atoms with Gasteiger partial charge in [0, 0.05) is 25.0 Å². The van der Waals surface area contributed by atoms with Gasteiger partial charge in [-0.1, -0.05) is 0 Å². The van der Waals surface area contributed by atoms with E-state index in [1.54, 1.807) is 0 Å². The zero-order chi connectivity index (χ0) is 33.0. The van der Waals surface area contributed by atoms with E-state index in [4.69, 9.17) is 0 Å². The van der Waals surface area contributed by atoms with Crippen molar-refractivity contribution in [2.45, 2.75) is 75.0 Å². The Labute approximate surface area is 216 Å². The largest absolute Gasteiger partial charge is 0.461 e. The van der Waals surface area contributed by atoms with Gasteiger partial charge in [-0.15, -0.1) is 0 Å². The Bertz CT molecular complexity index is 1170. The minimum atomic E-state index is -8.77. The van der Waals surface area contributed by atoms with E-state index in [0.717, 1.165) is 0 Å². The highest BCUT2D eigenvalue weighted by Gasteiger charge is 2.95. The third kappa shape index (κ3) is 5.46. The fourth-order valence-electron chi connectivity index (χ4n) is 3.11. The second kappa shape index (κ2) is 10.4. The van der Waals surface area contributed by atoms with Crippen LogP contribution in [0, 0.1) is 6.92 Å². The molecule has 0 heterocycles. The van der Waals surface area contributed by atoms with Crippen molar-refractivity contribution in [3.63, 3.8) is 0 Å². The van der Waals surface area contributed by atoms with Crippen molar-refractivity contribution < 1.29 is 93.7 Å². The molecule has 4 nitrogen and oxygen atoms in total. The molecule has 0 aliphatic rings. The molecular weight excluding hydrogens is 627 g/mol. The molecule has 0 saturated heterocycles. The van der Waals surface area contributed by atoms with Crippen LogP contribution in [0.2, 0.25) is 0 Å². The number of rotatable bonds is 10. The average molecular weight is 640 g/mol. The summed E-state index contributed by atoms with van der Waals surface area (Å²) in [4.78, 5) is 22.1. The summed E-state index contributed by atoms with van der Waals surface area (Å²) in [6.45, 7) is -0.0195. The molecule has 1 aromatic rings. The van der Waals surface area contributed by atoms with Crippen molar-refractivity contribution in [2.24, 2.45) is 0 Å². The summed E-state index contributed by atoms with van der Waals surface area (Å²) in [5.41, 5.74) is -5.46. The van der Waals surface area contributed by atoms with Crippen LogP contribution in [0.4, 0.5) is 74.6 Å². The molecule has 0 fully saturated rings. The summed E-state index contributed by atoms with van der Waals surface area (Å²) in [5, 5.41) is 0. The molecule has 0 unspecified atom stereocenters. The summed E-state index contributed by atoms with van der Waals surface area (Å²) in [7, 11) is 0. The number of carbonyl (C=O) groups is 2. The van der Waals surface area contributed by atoms with Crippen LogP contribution in [0.3, 0.4) is 0 Å². The van der Waals surface area contributed by atoms with E-state index in [1.165, 1.54) is 0 Å². The highest BCUT2D eigenvalue weighted by Crippen LogP contribution is 2.65. The number of benzene rings is 1. The van der Waals surface area contributed by atoms with Gasteiger partial charge in [-0.25, -0.2) is 0 Å². The summed E-state index contributed by atoms with van der Waals surface area (Å²) in [5.74, 6) is -61.3. The Hall–Kier alpha value is -3.03. The highest BCUT2D eigenvalue weighted by molar-refractivity contribution is 5.70. The molecule has 236 valence electrons. The monoisotopic (exact) mass is 640 g/mol. The molecule has 1 aromatic carbocycles. The van der Waals surface area contributed by atoms with E-state index in [2.05, 4.69) is 9.47 Å².